The second-order valence-electron chi connectivity index (χ2n) is 12.9. The molecule has 2 aromatic carbocycles. The monoisotopic (exact) mass is 703 g/mol. The number of halogens is 3. The third-order valence-corrected chi connectivity index (χ3v) is 9.35. The Bertz CT molecular complexity index is 1250. The fraction of sp³-hybridized carbons (Fsp3) is 0.500. The van der Waals surface area contributed by atoms with Crippen molar-refractivity contribution in [3.05, 3.63) is 71.8 Å². The Morgan fingerprint density at radius 1 is 0.750 bits per heavy atom. The minimum absolute atomic E-state index is 0.0222. The molecule has 1 N–H and O–H groups in total. The quantitative estimate of drug-likeness (QED) is 0.113. The predicted molar refractivity (Wildman–Crippen MR) is 176 cm³/mol. The van der Waals surface area contributed by atoms with E-state index in [4.69, 9.17) is 68.0 Å². The van der Waals surface area contributed by atoms with Gasteiger partial charge >= 0.3 is 11.9 Å². The summed E-state index contributed by atoms with van der Waals surface area (Å²) in [5, 5.41) is 8.08. The van der Waals surface area contributed by atoms with Crippen LogP contribution in [0.15, 0.2) is 60.7 Å². The maximum atomic E-state index is 13.5. The molecule has 0 amide bonds. The Balaban J connectivity index is 2.09. The second kappa shape index (κ2) is 15.5. The van der Waals surface area contributed by atoms with E-state index in [1.54, 1.807) is 60.7 Å². The molecule has 14 heteroatoms. The third-order valence-electron chi connectivity index (χ3n) is 6.11. The molecule has 0 aliphatic carbocycles. The Hall–Kier alpha value is -1.97. The average Bonchev–Trinajstić information content (AvgIpc) is 2.93. The number of ether oxygens (including phenoxy) is 4. The van der Waals surface area contributed by atoms with Crippen LogP contribution in [-0.2, 0) is 27.8 Å². The summed E-state index contributed by atoms with van der Waals surface area (Å²) in [5.41, 5.74) is 0.511. The number of hydrogen-bond acceptors (Lipinski definition) is 9. The number of carbonyl (C=O) groups is 2. The highest BCUT2D eigenvalue weighted by molar-refractivity contribution is 6.76. The first-order chi connectivity index (χ1) is 20.4. The average molecular weight is 705 g/mol. The number of hydrogen-bond donors (Lipinski definition) is 1. The lowest BCUT2D eigenvalue weighted by molar-refractivity contribution is -0.275. The van der Waals surface area contributed by atoms with Crippen LogP contribution in [0.2, 0.25) is 10.1 Å². The molecule has 9 nitrogen and oxygen atoms in total. The van der Waals surface area contributed by atoms with Gasteiger partial charge in [-0.1, -0.05) is 113 Å². The van der Waals surface area contributed by atoms with E-state index in [0.29, 0.717) is 0 Å². The van der Waals surface area contributed by atoms with E-state index in [1.165, 1.54) is 0 Å². The molecule has 5 atom stereocenters. The highest BCUT2D eigenvalue weighted by atomic mass is 35.6. The molecule has 3 rings (SSSR count). The van der Waals surface area contributed by atoms with Gasteiger partial charge in [0.05, 0.1) is 17.7 Å². The Morgan fingerprint density at radius 2 is 1.23 bits per heavy atom. The Kier molecular flexibility index (Phi) is 12.9. The van der Waals surface area contributed by atoms with Gasteiger partial charge in [-0.2, -0.15) is 0 Å². The van der Waals surface area contributed by atoms with E-state index in [9.17, 15) is 9.59 Å². The largest absolute Gasteiger partial charge is 0.452 e. The van der Waals surface area contributed by atoms with Gasteiger partial charge in [-0.25, -0.2) is 9.59 Å². The molecule has 1 aliphatic heterocycles. The van der Waals surface area contributed by atoms with Gasteiger partial charge in [0.1, 0.15) is 12.2 Å². The van der Waals surface area contributed by atoms with Crippen molar-refractivity contribution in [3.8, 4) is 0 Å². The molecule has 1 saturated heterocycles. The maximum absolute atomic E-state index is 13.5. The molecule has 1 fully saturated rings. The SMILES string of the molecule is CC(C)(C)[SiH2]OC[C@H]1O[C@H](OC(=N)C(Cl)(Cl)Cl)[C@H](OC(=O)c2ccccc2)[C@@H](OC(=O)c2ccccc2)[C@H]1O[SiH2]C(C)(C)C. The van der Waals surface area contributed by atoms with Crippen molar-refractivity contribution in [2.24, 2.45) is 0 Å². The van der Waals surface area contributed by atoms with Crippen LogP contribution >= 0.6 is 34.8 Å². The van der Waals surface area contributed by atoms with E-state index in [-0.39, 0.29) is 27.8 Å². The molecule has 0 spiro atoms. The topological polar surface area (TPSA) is 113 Å². The van der Waals surface area contributed by atoms with Crippen LogP contribution in [0, 0.1) is 5.41 Å². The highest BCUT2D eigenvalue weighted by Gasteiger charge is 2.53. The maximum Gasteiger partial charge on any atom is 0.338 e. The molecule has 2 aromatic rings. The molecular weight excluding hydrogens is 665 g/mol. The number of esters is 2. The van der Waals surface area contributed by atoms with Gasteiger partial charge in [-0.15, -0.1) is 0 Å². The highest BCUT2D eigenvalue weighted by Crippen LogP contribution is 2.35. The molecule has 1 heterocycles. The molecule has 0 radical (unpaired) electrons. The molecular formula is C30H40Cl3NO8Si2. The Labute approximate surface area is 278 Å². The van der Waals surface area contributed by atoms with Gasteiger partial charge in [0.2, 0.25) is 18.3 Å². The lowest BCUT2D eigenvalue weighted by atomic mass is 9.98. The van der Waals surface area contributed by atoms with E-state index in [0.717, 1.165) is 0 Å². The van der Waals surface area contributed by atoms with Crippen molar-refractivity contribution in [1.82, 2.24) is 0 Å². The molecule has 0 aromatic heterocycles. The summed E-state index contributed by atoms with van der Waals surface area (Å²) in [5.74, 6) is -2.19. The fourth-order valence-corrected chi connectivity index (χ4v) is 6.30. The zero-order chi connectivity index (χ0) is 32.7. The van der Waals surface area contributed by atoms with Crippen LogP contribution in [0.4, 0.5) is 0 Å². The first-order valence-corrected chi connectivity index (χ1v) is 17.8. The van der Waals surface area contributed by atoms with E-state index >= 15 is 0 Å². The fourth-order valence-electron chi connectivity index (χ4n) is 4.11. The zero-order valence-electron chi connectivity index (χ0n) is 25.7. The smallest absolute Gasteiger partial charge is 0.338 e. The first-order valence-electron chi connectivity index (χ1n) is 14.1. The van der Waals surface area contributed by atoms with Gasteiger partial charge in [-0.05, 0) is 34.3 Å². The van der Waals surface area contributed by atoms with Gasteiger partial charge in [0.15, 0.2) is 25.6 Å². The summed E-state index contributed by atoms with van der Waals surface area (Å²) >= 11 is 17.8. The van der Waals surface area contributed by atoms with Crippen LogP contribution in [0.1, 0.15) is 62.3 Å². The molecule has 0 bridgehead atoms. The third kappa shape index (κ3) is 11.4. The lowest BCUT2D eigenvalue weighted by Crippen LogP contribution is -2.63. The number of nitrogens with one attached hydrogen (secondary N) is 1. The van der Waals surface area contributed by atoms with Crippen LogP contribution in [-0.4, -0.2) is 78.5 Å². The van der Waals surface area contributed by atoms with E-state index < -0.39 is 71.9 Å². The van der Waals surface area contributed by atoms with Crippen LogP contribution in [0.3, 0.4) is 0 Å². The van der Waals surface area contributed by atoms with Gasteiger partial charge in [0, 0.05) is 0 Å². The van der Waals surface area contributed by atoms with Crippen molar-refractivity contribution in [3.63, 3.8) is 0 Å². The van der Waals surface area contributed by atoms with E-state index in [1.807, 2.05) is 20.8 Å². The van der Waals surface area contributed by atoms with Crippen LogP contribution < -0.4 is 0 Å². The first kappa shape index (κ1) is 36.5. The summed E-state index contributed by atoms with van der Waals surface area (Å²) in [6.45, 7) is 12.5. The van der Waals surface area contributed by atoms with Crippen molar-refractivity contribution in [1.29, 1.82) is 5.41 Å². The molecule has 0 saturated carbocycles. The number of alkyl halides is 3. The van der Waals surface area contributed by atoms with Crippen LogP contribution in [0.25, 0.3) is 0 Å². The summed E-state index contributed by atoms with van der Waals surface area (Å²) in [6.07, 6.45) is -5.92. The van der Waals surface area contributed by atoms with Crippen molar-refractivity contribution >= 4 is 72.2 Å². The summed E-state index contributed by atoms with van der Waals surface area (Å²) in [6, 6.07) is 16.7. The van der Waals surface area contributed by atoms with Crippen LogP contribution in [0.5, 0.6) is 0 Å². The molecule has 242 valence electrons. The summed E-state index contributed by atoms with van der Waals surface area (Å²) in [4.78, 5) is 26.9. The summed E-state index contributed by atoms with van der Waals surface area (Å²) < 4.78 is 34.5. The lowest BCUT2D eigenvalue weighted by Gasteiger charge is -2.45. The minimum Gasteiger partial charge on any atom is -0.452 e. The van der Waals surface area contributed by atoms with E-state index in [2.05, 4.69) is 20.8 Å². The predicted octanol–water partition coefficient (Wildman–Crippen LogP) is 5.53. The van der Waals surface area contributed by atoms with Gasteiger partial charge in [-0.3, -0.25) is 5.41 Å². The molecule has 0 unspecified atom stereocenters. The minimum atomic E-state index is -2.24. The van der Waals surface area contributed by atoms with Gasteiger partial charge in [0.25, 0.3) is 3.79 Å². The van der Waals surface area contributed by atoms with Gasteiger partial charge < -0.3 is 27.8 Å². The number of carbonyl (C=O) groups excluding carboxylic acids is 2. The Morgan fingerprint density at radius 3 is 1.68 bits per heavy atom. The molecule has 1 aliphatic rings. The van der Waals surface area contributed by atoms with Crippen molar-refractivity contribution in [2.45, 2.75) is 86.1 Å². The van der Waals surface area contributed by atoms with Crippen molar-refractivity contribution in [2.75, 3.05) is 6.61 Å². The molecule has 44 heavy (non-hydrogen) atoms. The zero-order valence-corrected chi connectivity index (χ0v) is 30.8. The normalized spacial score (nSPS) is 23.2. The number of rotatable bonds is 10. The van der Waals surface area contributed by atoms with Crippen molar-refractivity contribution < 1.29 is 37.4 Å². The number of benzene rings is 2. The second-order valence-corrected chi connectivity index (χ2v) is 20.7. The summed E-state index contributed by atoms with van der Waals surface area (Å²) in [7, 11) is -2.30. The standard InChI is InChI=1S/C30H40Cl3NO8Si2/c1-28(2,3)43-37-17-20-21(42-44-29(4,5)6)22(39-24(35)18-13-9-7-10-14-18)23(26(38-20)41-27(34)30(31,32)33)40-25(36)19-15-11-8-12-16-19/h7-16,20-23,26,34H,17,43-44H2,1-6H3/t20-,21+,22+,23-,26-/m1/s1.